The molecule has 98 valence electrons. The van der Waals surface area contributed by atoms with E-state index in [-0.39, 0.29) is 0 Å². The van der Waals surface area contributed by atoms with E-state index in [0.717, 1.165) is 19.3 Å². The van der Waals surface area contributed by atoms with Gasteiger partial charge in [0.2, 0.25) is 0 Å². The largest absolute Gasteiger partial charge is 0.413 e. The summed E-state index contributed by atoms with van der Waals surface area (Å²) >= 11 is 0. The Bertz CT molecular complexity index is 286. The van der Waals surface area contributed by atoms with E-state index in [4.69, 9.17) is 4.43 Å². The van der Waals surface area contributed by atoms with Crippen LogP contribution in [0.15, 0.2) is 24.8 Å². The van der Waals surface area contributed by atoms with E-state index < -0.39 is 8.32 Å². The summed E-state index contributed by atoms with van der Waals surface area (Å²) in [4.78, 5) is 0. The van der Waals surface area contributed by atoms with Crippen molar-refractivity contribution in [2.75, 3.05) is 0 Å². The zero-order valence-corrected chi connectivity index (χ0v) is 13.1. The summed E-state index contributed by atoms with van der Waals surface area (Å²) in [5, 5.41) is 0.299. The fourth-order valence-corrected chi connectivity index (χ4v) is 3.41. The second kappa shape index (κ2) is 5.53. The van der Waals surface area contributed by atoms with Gasteiger partial charge in [0.05, 0.1) is 6.10 Å². The van der Waals surface area contributed by atoms with E-state index in [2.05, 4.69) is 52.6 Å². The Kier molecular flexibility index (Phi) is 4.79. The summed E-state index contributed by atoms with van der Waals surface area (Å²) in [7, 11) is -1.63. The standard InChI is InChI=1S/C15H28OSi/c1-7-10-13-11-8-9-12-14(13)16-17(5,6)15(2,3)4/h7-9,13-14H,1,10-12H2,2-6H3/t13?,14-/m1/s1. The number of hydrogen-bond acceptors (Lipinski definition) is 1. The minimum atomic E-state index is -1.63. The minimum absolute atomic E-state index is 0.299. The molecule has 0 saturated heterocycles. The van der Waals surface area contributed by atoms with Crippen molar-refractivity contribution in [2.24, 2.45) is 5.92 Å². The van der Waals surface area contributed by atoms with Gasteiger partial charge in [-0.3, -0.25) is 0 Å². The highest BCUT2D eigenvalue weighted by molar-refractivity contribution is 6.74. The molecule has 0 aromatic heterocycles. The number of allylic oxidation sites excluding steroid dienone is 2. The van der Waals surface area contributed by atoms with Crippen molar-refractivity contribution >= 4 is 8.32 Å². The van der Waals surface area contributed by atoms with E-state index >= 15 is 0 Å². The SMILES string of the molecule is C=CCC1CC=CC[C@H]1O[Si](C)(C)C(C)(C)C. The molecule has 0 aromatic carbocycles. The summed E-state index contributed by atoms with van der Waals surface area (Å²) in [6.07, 6.45) is 10.3. The van der Waals surface area contributed by atoms with Crippen molar-refractivity contribution in [3.05, 3.63) is 24.8 Å². The molecule has 1 aliphatic carbocycles. The molecule has 0 saturated carbocycles. The van der Waals surface area contributed by atoms with Crippen molar-refractivity contribution in [3.63, 3.8) is 0 Å². The minimum Gasteiger partial charge on any atom is -0.413 e. The van der Waals surface area contributed by atoms with Crippen molar-refractivity contribution in [2.45, 2.75) is 64.3 Å². The van der Waals surface area contributed by atoms with E-state index in [1.54, 1.807) is 0 Å². The second-order valence-corrected chi connectivity index (χ2v) is 11.4. The Balaban J connectivity index is 2.71. The average Bonchev–Trinajstić information content (AvgIpc) is 2.19. The van der Waals surface area contributed by atoms with Gasteiger partial charge in [-0.1, -0.05) is 39.0 Å². The summed E-state index contributed by atoms with van der Waals surface area (Å²) in [6.45, 7) is 15.5. The topological polar surface area (TPSA) is 9.23 Å². The van der Waals surface area contributed by atoms with Crippen molar-refractivity contribution in [1.82, 2.24) is 0 Å². The molecule has 1 unspecified atom stereocenters. The third-order valence-corrected chi connectivity index (χ3v) is 8.73. The Hall–Kier alpha value is -0.343. The molecule has 0 radical (unpaired) electrons. The maximum atomic E-state index is 6.55. The van der Waals surface area contributed by atoms with Crippen LogP contribution in [0.4, 0.5) is 0 Å². The maximum Gasteiger partial charge on any atom is 0.192 e. The lowest BCUT2D eigenvalue weighted by atomic mass is 9.89. The van der Waals surface area contributed by atoms with Crippen molar-refractivity contribution in [1.29, 1.82) is 0 Å². The quantitative estimate of drug-likeness (QED) is 0.510. The highest BCUT2D eigenvalue weighted by atomic mass is 28.4. The molecule has 0 aromatic rings. The highest BCUT2D eigenvalue weighted by Gasteiger charge is 2.40. The lowest BCUT2D eigenvalue weighted by Gasteiger charge is -2.42. The van der Waals surface area contributed by atoms with Gasteiger partial charge in [0.25, 0.3) is 0 Å². The Morgan fingerprint density at radius 2 is 1.88 bits per heavy atom. The first kappa shape index (κ1) is 14.7. The molecule has 0 amide bonds. The predicted octanol–water partition coefficient (Wildman–Crippen LogP) is 4.92. The Morgan fingerprint density at radius 1 is 1.29 bits per heavy atom. The van der Waals surface area contributed by atoms with Gasteiger partial charge < -0.3 is 4.43 Å². The van der Waals surface area contributed by atoms with Crippen LogP contribution in [0.1, 0.15) is 40.0 Å². The maximum absolute atomic E-state index is 6.55. The van der Waals surface area contributed by atoms with Gasteiger partial charge in [0.15, 0.2) is 8.32 Å². The fraction of sp³-hybridized carbons (Fsp3) is 0.733. The van der Waals surface area contributed by atoms with Crippen LogP contribution in [0, 0.1) is 5.92 Å². The van der Waals surface area contributed by atoms with Crippen LogP contribution in [0.3, 0.4) is 0 Å². The van der Waals surface area contributed by atoms with E-state index in [0.29, 0.717) is 17.1 Å². The van der Waals surface area contributed by atoms with Crippen molar-refractivity contribution < 1.29 is 4.43 Å². The smallest absolute Gasteiger partial charge is 0.192 e. The number of hydrogen-bond donors (Lipinski definition) is 0. The molecule has 1 rings (SSSR count). The molecule has 2 atom stereocenters. The lowest BCUT2D eigenvalue weighted by molar-refractivity contribution is 0.116. The Morgan fingerprint density at radius 3 is 2.41 bits per heavy atom. The zero-order chi connectivity index (χ0) is 13.1. The molecular weight excluding hydrogens is 224 g/mol. The summed E-state index contributed by atoms with van der Waals surface area (Å²) in [5.74, 6) is 0.631. The van der Waals surface area contributed by atoms with Crippen LogP contribution in [0.25, 0.3) is 0 Å². The van der Waals surface area contributed by atoms with E-state index in [1.165, 1.54) is 0 Å². The van der Waals surface area contributed by atoms with Crippen LogP contribution in [-0.2, 0) is 4.43 Å². The summed E-state index contributed by atoms with van der Waals surface area (Å²) < 4.78 is 6.55. The molecular formula is C15H28OSi. The zero-order valence-electron chi connectivity index (χ0n) is 12.1. The third-order valence-electron chi connectivity index (χ3n) is 4.22. The van der Waals surface area contributed by atoms with Gasteiger partial charge in [-0.2, -0.15) is 0 Å². The first-order valence-corrected chi connectivity index (χ1v) is 9.62. The summed E-state index contributed by atoms with van der Waals surface area (Å²) in [5.41, 5.74) is 0. The van der Waals surface area contributed by atoms with Gasteiger partial charge in [-0.15, -0.1) is 6.58 Å². The first-order valence-electron chi connectivity index (χ1n) is 6.71. The highest BCUT2D eigenvalue weighted by Crippen LogP contribution is 2.39. The molecule has 1 aliphatic rings. The second-order valence-electron chi connectivity index (χ2n) is 6.64. The lowest BCUT2D eigenvalue weighted by Crippen LogP contribution is -2.46. The molecule has 0 heterocycles. The molecule has 1 nitrogen and oxygen atoms in total. The summed E-state index contributed by atoms with van der Waals surface area (Å²) in [6, 6.07) is 0. The van der Waals surface area contributed by atoms with Gasteiger partial charge in [0.1, 0.15) is 0 Å². The molecule has 0 fully saturated rings. The average molecular weight is 252 g/mol. The van der Waals surface area contributed by atoms with Crippen LogP contribution in [-0.4, -0.2) is 14.4 Å². The predicted molar refractivity (Wildman–Crippen MR) is 78.7 cm³/mol. The van der Waals surface area contributed by atoms with Gasteiger partial charge in [-0.05, 0) is 43.3 Å². The fourth-order valence-electron chi connectivity index (χ4n) is 2.01. The van der Waals surface area contributed by atoms with E-state index in [9.17, 15) is 0 Å². The van der Waals surface area contributed by atoms with Gasteiger partial charge in [-0.25, -0.2) is 0 Å². The normalized spacial score (nSPS) is 25.9. The van der Waals surface area contributed by atoms with Crippen LogP contribution in [0.5, 0.6) is 0 Å². The molecule has 0 spiro atoms. The molecule has 2 heteroatoms. The van der Waals surface area contributed by atoms with Gasteiger partial charge in [0, 0.05) is 0 Å². The Labute approximate surface area is 108 Å². The first-order chi connectivity index (χ1) is 7.78. The van der Waals surface area contributed by atoms with Crippen LogP contribution < -0.4 is 0 Å². The van der Waals surface area contributed by atoms with Crippen LogP contribution >= 0.6 is 0 Å². The molecule has 0 bridgehead atoms. The molecule has 0 aliphatic heterocycles. The van der Waals surface area contributed by atoms with Gasteiger partial charge >= 0.3 is 0 Å². The molecule has 17 heavy (non-hydrogen) atoms. The van der Waals surface area contributed by atoms with E-state index in [1.807, 2.05) is 6.08 Å². The van der Waals surface area contributed by atoms with Crippen LogP contribution in [0.2, 0.25) is 18.1 Å². The molecule has 0 N–H and O–H groups in total. The monoisotopic (exact) mass is 252 g/mol. The van der Waals surface area contributed by atoms with Crippen molar-refractivity contribution in [3.8, 4) is 0 Å². The number of rotatable bonds is 4. The third kappa shape index (κ3) is 3.82.